The molecule has 0 aromatic carbocycles. The van der Waals surface area contributed by atoms with Crippen molar-refractivity contribution in [2.75, 3.05) is 0 Å². The molecule has 0 atom stereocenters. The molecule has 0 N–H and O–H groups in total. The van der Waals surface area contributed by atoms with Crippen molar-refractivity contribution in [2.45, 2.75) is 0 Å². The lowest BCUT2D eigenvalue weighted by Gasteiger charge is -1.70. The molecule has 2 nitrogen and oxygen atoms in total. The number of allylic oxidation sites excluding steroid dienone is 2. The Morgan fingerprint density at radius 3 is 2.14 bits per heavy atom. The lowest BCUT2D eigenvalue weighted by Crippen LogP contribution is -1.69. The predicted octanol–water partition coefficient (Wildman–Crippen LogP) is 0.663. The van der Waals surface area contributed by atoms with Gasteiger partial charge in [-0.3, -0.25) is 9.59 Å². The summed E-state index contributed by atoms with van der Waals surface area (Å²) in [4.78, 5) is 19.1. The highest BCUT2D eigenvalue weighted by molar-refractivity contribution is 9.12. The predicted molar refractivity (Wildman–Crippen MR) is 29.1 cm³/mol. The van der Waals surface area contributed by atoms with Gasteiger partial charge in [0, 0.05) is 0 Å². The fourth-order valence-corrected chi connectivity index (χ4v) is 0.212. The van der Waals surface area contributed by atoms with E-state index in [4.69, 9.17) is 0 Å². The van der Waals surface area contributed by atoms with Gasteiger partial charge in [0.05, 0.1) is 4.48 Å². The number of halogens is 1. The molecule has 0 rings (SSSR count). The molecular formula is C4H3BrO2. The number of carbonyl (C=O) groups is 2. The SMILES string of the molecule is O=C/C=C(\Br)C=O. The third-order valence-electron chi connectivity index (χ3n) is 0.340. The van der Waals surface area contributed by atoms with Crippen LogP contribution >= 0.6 is 15.9 Å². The van der Waals surface area contributed by atoms with Crippen molar-refractivity contribution < 1.29 is 9.59 Å². The van der Waals surface area contributed by atoms with Crippen LogP contribution in [0.4, 0.5) is 0 Å². The van der Waals surface area contributed by atoms with E-state index in [0.29, 0.717) is 12.6 Å². The van der Waals surface area contributed by atoms with Crippen LogP contribution in [0.15, 0.2) is 10.6 Å². The molecule has 0 saturated heterocycles. The van der Waals surface area contributed by atoms with Gasteiger partial charge in [0.25, 0.3) is 0 Å². The molecule has 0 aliphatic carbocycles. The molecule has 0 radical (unpaired) electrons. The van der Waals surface area contributed by atoms with Crippen molar-refractivity contribution in [1.82, 2.24) is 0 Å². The van der Waals surface area contributed by atoms with Crippen LogP contribution < -0.4 is 0 Å². The van der Waals surface area contributed by atoms with Crippen LogP contribution in [0, 0.1) is 0 Å². The number of hydrogen-bond donors (Lipinski definition) is 0. The monoisotopic (exact) mass is 162 g/mol. The van der Waals surface area contributed by atoms with E-state index in [1.807, 2.05) is 0 Å². The highest BCUT2D eigenvalue weighted by Crippen LogP contribution is 1.95. The Balaban J connectivity index is 3.72. The second-order valence-corrected chi connectivity index (χ2v) is 1.72. The molecular weight excluding hydrogens is 160 g/mol. The molecule has 0 bridgehead atoms. The number of hydrogen-bond acceptors (Lipinski definition) is 2. The van der Waals surface area contributed by atoms with Gasteiger partial charge in [0.1, 0.15) is 6.29 Å². The molecule has 0 aliphatic rings. The molecule has 0 aromatic rings. The third kappa shape index (κ3) is 3.39. The van der Waals surface area contributed by atoms with Gasteiger partial charge >= 0.3 is 0 Å². The standard InChI is InChI=1S/C4H3BrO2/c5-4(3-7)1-2-6/h1-3H/b4-1-. The van der Waals surface area contributed by atoms with Crippen LogP contribution in [0.2, 0.25) is 0 Å². The summed E-state index contributed by atoms with van der Waals surface area (Å²) >= 11 is 2.80. The quantitative estimate of drug-likeness (QED) is 0.442. The lowest BCUT2D eigenvalue weighted by atomic mass is 10.6. The summed E-state index contributed by atoms with van der Waals surface area (Å²) in [5.41, 5.74) is 0. The first-order chi connectivity index (χ1) is 3.31. The second kappa shape index (κ2) is 3.74. The van der Waals surface area contributed by atoms with Gasteiger partial charge in [0.2, 0.25) is 0 Å². The van der Waals surface area contributed by atoms with E-state index in [9.17, 15) is 9.59 Å². The summed E-state index contributed by atoms with van der Waals surface area (Å²) in [5.74, 6) is 0. The topological polar surface area (TPSA) is 34.1 Å². The molecule has 0 unspecified atom stereocenters. The Labute approximate surface area is 49.3 Å². The maximum atomic E-state index is 9.62. The molecule has 3 heteroatoms. The Morgan fingerprint density at radius 2 is 2.00 bits per heavy atom. The summed E-state index contributed by atoms with van der Waals surface area (Å²) in [6.45, 7) is 0. The molecule has 0 aromatic heterocycles. The zero-order valence-corrected chi connectivity index (χ0v) is 5.01. The summed E-state index contributed by atoms with van der Waals surface area (Å²) in [6.07, 6.45) is 2.22. The van der Waals surface area contributed by atoms with E-state index in [0.717, 1.165) is 6.08 Å². The van der Waals surface area contributed by atoms with Gasteiger partial charge in [-0.2, -0.15) is 0 Å². The zero-order chi connectivity index (χ0) is 5.70. The molecule has 0 fully saturated rings. The van der Waals surface area contributed by atoms with Crippen LogP contribution in [-0.2, 0) is 9.59 Å². The number of carbonyl (C=O) groups excluding carboxylic acids is 2. The van der Waals surface area contributed by atoms with Crippen LogP contribution in [0.25, 0.3) is 0 Å². The first-order valence-electron chi connectivity index (χ1n) is 1.57. The Hall–Kier alpha value is -0.440. The van der Waals surface area contributed by atoms with Crippen LogP contribution in [-0.4, -0.2) is 12.6 Å². The first-order valence-corrected chi connectivity index (χ1v) is 2.36. The lowest BCUT2D eigenvalue weighted by molar-refractivity contribution is -0.106. The van der Waals surface area contributed by atoms with Crippen molar-refractivity contribution in [3.05, 3.63) is 10.6 Å². The van der Waals surface area contributed by atoms with Crippen molar-refractivity contribution in [1.29, 1.82) is 0 Å². The van der Waals surface area contributed by atoms with Crippen molar-refractivity contribution in [3.63, 3.8) is 0 Å². The van der Waals surface area contributed by atoms with Gasteiger partial charge in [-0.05, 0) is 22.0 Å². The molecule has 0 aliphatic heterocycles. The Bertz CT molecular complexity index is 106. The molecule has 0 amide bonds. The largest absolute Gasteiger partial charge is 0.299 e. The van der Waals surface area contributed by atoms with E-state index in [1.165, 1.54) is 0 Å². The molecule has 0 saturated carbocycles. The van der Waals surface area contributed by atoms with Gasteiger partial charge in [0.15, 0.2) is 6.29 Å². The number of aldehydes is 2. The molecule has 7 heavy (non-hydrogen) atoms. The summed E-state index contributed by atoms with van der Waals surface area (Å²) in [6, 6.07) is 0. The van der Waals surface area contributed by atoms with Gasteiger partial charge in [-0.15, -0.1) is 0 Å². The van der Waals surface area contributed by atoms with Gasteiger partial charge in [-0.1, -0.05) is 0 Å². The maximum Gasteiger partial charge on any atom is 0.157 e. The minimum absolute atomic E-state index is 0.266. The third-order valence-corrected chi connectivity index (χ3v) is 0.791. The van der Waals surface area contributed by atoms with Crippen LogP contribution in [0.1, 0.15) is 0 Å². The van der Waals surface area contributed by atoms with E-state index < -0.39 is 0 Å². The fourth-order valence-electron chi connectivity index (χ4n) is 0.104. The van der Waals surface area contributed by atoms with E-state index >= 15 is 0 Å². The summed E-state index contributed by atoms with van der Waals surface area (Å²) < 4.78 is 0.266. The van der Waals surface area contributed by atoms with Crippen LogP contribution in [0.3, 0.4) is 0 Å². The zero-order valence-electron chi connectivity index (χ0n) is 3.43. The molecule has 0 heterocycles. The van der Waals surface area contributed by atoms with Crippen molar-refractivity contribution in [3.8, 4) is 0 Å². The minimum atomic E-state index is 0.266. The normalized spacial score (nSPS) is 10.7. The average molecular weight is 163 g/mol. The van der Waals surface area contributed by atoms with Gasteiger partial charge in [-0.25, -0.2) is 0 Å². The van der Waals surface area contributed by atoms with E-state index in [1.54, 1.807) is 0 Å². The smallest absolute Gasteiger partial charge is 0.157 e. The summed E-state index contributed by atoms with van der Waals surface area (Å²) in [5, 5.41) is 0. The minimum Gasteiger partial charge on any atom is -0.299 e. The first kappa shape index (κ1) is 6.56. The molecule has 38 valence electrons. The van der Waals surface area contributed by atoms with Crippen molar-refractivity contribution >= 4 is 28.5 Å². The Morgan fingerprint density at radius 1 is 1.43 bits per heavy atom. The second-order valence-electron chi connectivity index (χ2n) is 0.805. The van der Waals surface area contributed by atoms with E-state index in [-0.39, 0.29) is 4.48 Å². The van der Waals surface area contributed by atoms with Gasteiger partial charge < -0.3 is 0 Å². The fraction of sp³-hybridized carbons (Fsp3) is 0. The maximum absolute atomic E-state index is 9.62. The highest BCUT2D eigenvalue weighted by atomic mass is 79.9. The van der Waals surface area contributed by atoms with Crippen molar-refractivity contribution in [2.24, 2.45) is 0 Å². The van der Waals surface area contributed by atoms with E-state index in [2.05, 4.69) is 15.9 Å². The average Bonchev–Trinajstić information content (AvgIpc) is 1.68. The molecule has 0 spiro atoms. The highest BCUT2D eigenvalue weighted by Gasteiger charge is 1.79. The Kier molecular flexibility index (Phi) is 3.50. The summed E-state index contributed by atoms with van der Waals surface area (Å²) in [7, 11) is 0. The van der Waals surface area contributed by atoms with Crippen LogP contribution in [0.5, 0.6) is 0 Å². The number of rotatable bonds is 2.